The molecule has 0 aliphatic carbocycles. The van der Waals surface area contributed by atoms with E-state index in [0.717, 1.165) is 38.5 Å². The Morgan fingerprint density at radius 1 is 0.361 bits per heavy atom. The molecule has 0 rings (SSSR count). The molecule has 0 aromatic carbocycles. The minimum absolute atomic E-state index is 0.172. The molecule has 0 aliphatic rings. The molecule has 0 aromatic heterocycles. The van der Waals surface area contributed by atoms with Crippen LogP contribution in [-0.4, -0.2) is 87.4 Å². The second-order valence-corrected chi connectivity index (χ2v) is 23.1. The maximum Gasteiger partial charge on any atom is 0.361 e. The molecule has 0 aliphatic heterocycles. The van der Waals surface area contributed by atoms with Crippen LogP contribution in [-0.2, 0) is 33.3 Å². The van der Waals surface area contributed by atoms with Gasteiger partial charge < -0.3 is 28.5 Å². The Hall–Kier alpha value is -1.71. The Bertz CT molecular complexity index is 1140. The van der Waals surface area contributed by atoms with E-state index < -0.39 is 18.4 Å². The van der Waals surface area contributed by atoms with Crippen molar-refractivity contribution in [1.29, 1.82) is 0 Å². The highest BCUT2D eigenvalue weighted by atomic mass is 16.7. The number of quaternary nitrogens is 1. The smallest absolute Gasteiger partial charge is 0.361 e. The van der Waals surface area contributed by atoms with Crippen molar-refractivity contribution in [2.24, 2.45) is 0 Å². The Labute approximate surface area is 447 Å². The van der Waals surface area contributed by atoms with Gasteiger partial charge in [-0.15, -0.1) is 0 Å². The molecule has 0 aromatic rings. The summed E-state index contributed by atoms with van der Waals surface area (Å²) < 4.78 is 23.0. The van der Waals surface area contributed by atoms with Crippen LogP contribution in [0.3, 0.4) is 0 Å². The number of carboxylic acid groups (broad SMARTS) is 1. The first kappa shape index (κ1) is 70.3. The van der Waals surface area contributed by atoms with Gasteiger partial charge in [0.25, 0.3) is 6.29 Å². The number of aliphatic carboxylic acids is 1. The number of carboxylic acids is 1. The summed E-state index contributed by atoms with van der Waals surface area (Å²) in [4.78, 5) is 37.5. The second-order valence-electron chi connectivity index (χ2n) is 23.1. The van der Waals surface area contributed by atoms with Crippen LogP contribution in [0.5, 0.6) is 0 Å². The Morgan fingerprint density at radius 3 is 0.889 bits per heavy atom. The fraction of sp³-hybridized carbons (Fsp3) is 0.952. The number of hydrogen-bond donors (Lipinski definition) is 1. The molecule has 2 unspecified atom stereocenters. The number of esters is 2. The molecule has 0 bridgehead atoms. The van der Waals surface area contributed by atoms with E-state index in [2.05, 4.69) is 13.8 Å². The maximum atomic E-state index is 12.9. The molecule has 9 heteroatoms. The van der Waals surface area contributed by atoms with Crippen LogP contribution in [0.4, 0.5) is 0 Å². The fourth-order valence-electron chi connectivity index (χ4n) is 9.72. The Balaban J connectivity index is 4.11. The van der Waals surface area contributed by atoms with Crippen molar-refractivity contribution in [3.05, 3.63) is 0 Å². The van der Waals surface area contributed by atoms with E-state index in [4.69, 9.17) is 18.9 Å². The van der Waals surface area contributed by atoms with Crippen LogP contribution >= 0.6 is 0 Å². The van der Waals surface area contributed by atoms with Gasteiger partial charge in [0.2, 0.25) is 0 Å². The molecule has 0 saturated heterocycles. The van der Waals surface area contributed by atoms with E-state index in [-0.39, 0.29) is 38.2 Å². The molecule has 0 heterocycles. The van der Waals surface area contributed by atoms with Crippen LogP contribution < -0.4 is 0 Å². The van der Waals surface area contributed by atoms with Gasteiger partial charge in [0, 0.05) is 12.8 Å². The number of unbranched alkanes of at least 4 members (excludes halogenated alkanes) is 45. The van der Waals surface area contributed by atoms with Gasteiger partial charge in [-0.3, -0.25) is 9.59 Å². The largest absolute Gasteiger partial charge is 0.477 e. The average Bonchev–Trinajstić information content (AvgIpc) is 3.35. The first-order chi connectivity index (χ1) is 35.1. The Morgan fingerprint density at radius 2 is 0.625 bits per heavy atom. The summed E-state index contributed by atoms with van der Waals surface area (Å²) in [6.45, 7) is 4.96. The quantitative estimate of drug-likeness (QED) is 0.0278. The van der Waals surface area contributed by atoms with E-state index in [9.17, 15) is 19.5 Å². The topological polar surface area (TPSA) is 108 Å². The number of carbonyl (C=O) groups is 3. The second kappa shape index (κ2) is 55.5. The molecular formula is C63H124NO8+. The lowest BCUT2D eigenvalue weighted by Gasteiger charge is -2.25. The van der Waals surface area contributed by atoms with Gasteiger partial charge in [-0.05, 0) is 12.8 Å². The van der Waals surface area contributed by atoms with E-state index in [1.54, 1.807) is 0 Å². The molecule has 0 amide bonds. The number of hydrogen-bond acceptors (Lipinski definition) is 7. The molecule has 0 fully saturated rings. The van der Waals surface area contributed by atoms with Crippen molar-refractivity contribution in [2.45, 2.75) is 341 Å². The number of carbonyl (C=O) groups excluding carboxylic acids is 2. The zero-order chi connectivity index (χ0) is 52.7. The van der Waals surface area contributed by atoms with Crippen LogP contribution in [0.15, 0.2) is 0 Å². The van der Waals surface area contributed by atoms with Crippen molar-refractivity contribution in [2.75, 3.05) is 47.5 Å². The molecule has 2 atom stereocenters. The predicted octanol–water partition coefficient (Wildman–Crippen LogP) is 18.7. The summed E-state index contributed by atoms with van der Waals surface area (Å²) in [5.74, 6) is -1.97. The summed E-state index contributed by atoms with van der Waals surface area (Å²) in [7, 11) is 5.99. The van der Waals surface area contributed by atoms with Crippen molar-refractivity contribution in [3.63, 3.8) is 0 Å². The van der Waals surface area contributed by atoms with Gasteiger partial charge in [-0.1, -0.05) is 303 Å². The summed E-state index contributed by atoms with van der Waals surface area (Å²) in [6.07, 6.45) is 60.5. The third kappa shape index (κ3) is 56.0. The minimum Gasteiger partial charge on any atom is -0.477 e. The molecule has 9 nitrogen and oxygen atoms in total. The highest BCUT2D eigenvalue weighted by Crippen LogP contribution is 2.19. The molecule has 0 saturated carbocycles. The van der Waals surface area contributed by atoms with Crippen molar-refractivity contribution in [1.82, 2.24) is 0 Å². The van der Waals surface area contributed by atoms with Gasteiger partial charge >= 0.3 is 17.9 Å². The lowest BCUT2D eigenvalue weighted by Crippen LogP contribution is -2.40. The number of nitrogens with zero attached hydrogens (tertiary/aromatic N) is 1. The summed E-state index contributed by atoms with van der Waals surface area (Å²) >= 11 is 0. The number of rotatable bonds is 60. The monoisotopic (exact) mass is 1020 g/mol. The lowest BCUT2D eigenvalue weighted by atomic mass is 10.0. The molecule has 72 heavy (non-hydrogen) atoms. The highest BCUT2D eigenvalue weighted by Gasteiger charge is 2.25. The summed E-state index contributed by atoms with van der Waals surface area (Å²) in [5, 5.41) is 9.72. The third-order valence-corrected chi connectivity index (χ3v) is 14.6. The molecule has 0 spiro atoms. The third-order valence-electron chi connectivity index (χ3n) is 14.6. The Kier molecular flexibility index (Phi) is 54.2. The first-order valence-electron chi connectivity index (χ1n) is 31.7. The summed E-state index contributed by atoms with van der Waals surface area (Å²) in [6, 6.07) is 0. The molecular weight excluding hydrogens is 899 g/mol. The van der Waals surface area contributed by atoms with Crippen molar-refractivity contribution >= 4 is 17.9 Å². The van der Waals surface area contributed by atoms with Crippen LogP contribution in [0, 0.1) is 0 Å². The van der Waals surface area contributed by atoms with E-state index in [1.807, 2.05) is 21.1 Å². The van der Waals surface area contributed by atoms with Gasteiger partial charge in [-0.2, -0.15) is 0 Å². The molecule has 1 N–H and O–H groups in total. The standard InChI is InChI=1S/C63H123NO8/c1-6-8-10-12-14-16-18-20-22-24-26-28-29-30-31-32-33-34-36-38-40-42-44-46-48-50-52-54-61(66)72-59(58-71-63(62(67)68)69-56-55-64(3,4)5)57-70-60(65)53-51-49-47-45-43-41-39-37-35-27-25-23-21-19-17-15-13-11-9-7-2/h59,63H,6-58H2,1-5H3/p+1. The van der Waals surface area contributed by atoms with Crippen molar-refractivity contribution < 1.29 is 42.9 Å². The first-order valence-corrected chi connectivity index (χ1v) is 31.7. The van der Waals surface area contributed by atoms with E-state index in [1.165, 1.54) is 263 Å². The van der Waals surface area contributed by atoms with E-state index >= 15 is 0 Å². The van der Waals surface area contributed by atoms with Crippen molar-refractivity contribution in [3.8, 4) is 0 Å². The van der Waals surface area contributed by atoms with Gasteiger partial charge in [0.15, 0.2) is 6.10 Å². The number of ether oxygens (including phenoxy) is 4. The normalized spacial score (nSPS) is 12.6. The highest BCUT2D eigenvalue weighted by molar-refractivity contribution is 5.71. The zero-order valence-electron chi connectivity index (χ0n) is 48.9. The van der Waals surface area contributed by atoms with Crippen LogP contribution in [0.2, 0.25) is 0 Å². The van der Waals surface area contributed by atoms with Gasteiger partial charge in [0.1, 0.15) is 13.2 Å². The van der Waals surface area contributed by atoms with Crippen LogP contribution in [0.1, 0.15) is 328 Å². The van der Waals surface area contributed by atoms with Gasteiger partial charge in [0.05, 0.1) is 34.4 Å². The molecule has 428 valence electrons. The fourth-order valence-corrected chi connectivity index (χ4v) is 9.72. The summed E-state index contributed by atoms with van der Waals surface area (Å²) in [5.41, 5.74) is 0. The molecule has 0 radical (unpaired) electrons. The average molecular weight is 1020 g/mol. The maximum absolute atomic E-state index is 12.9. The minimum atomic E-state index is -1.50. The zero-order valence-corrected chi connectivity index (χ0v) is 48.9. The van der Waals surface area contributed by atoms with Crippen LogP contribution in [0.25, 0.3) is 0 Å². The lowest BCUT2D eigenvalue weighted by molar-refractivity contribution is -0.870. The predicted molar refractivity (Wildman–Crippen MR) is 305 cm³/mol. The van der Waals surface area contributed by atoms with Gasteiger partial charge in [-0.25, -0.2) is 4.79 Å². The SMILES string of the molecule is CCCCCCCCCCCCCCCCCCCCCCCCCCCCCC(=O)OC(COC(=O)CCCCCCCCCCCCCCCCCCCCCC)COC(OCC[N+](C)(C)C)C(=O)O. The van der Waals surface area contributed by atoms with E-state index in [0.29, 0.717) is 17.4 Å². The number of likely N-dealkylation sites (N-methyl/N-ethyl adjacent to an activating group) is 1.